The second-order valence-electron chi connectivity index (χ2n) is 13.9. The van der Waals surface area contributed by atoms with Crippen molar-refractivity contribution < 1.29 is 27.5 Å². The van der Waals surface area contributed by atoms with E-state index in [-0.39, 0.29) is 36.2 Å². The van der Waals surface area contributed by atoms with Crippen molar-refractivity contribution in [2.75, 3.05) is 57.6 Å². The molecule has 0 atom stereocenters. The third-order valence-electron chi connectivity index (χ3n) is 9.94. The van der Waals surface area contributed by atoms with Gasteiger partial charge in [-0.1, -0.05) is 38.3 Å². The number of anilines is 2. The van der Waals surface area contributed by atoms with Gasteiger partial charge >= 0.3 is 0 Å². The van der Waals surface area contributed by atoms with E-state index in [1.807, 2.05) is 11.0 Å². The second kappa shape index (κ2) is 19.1. The van der Waals surface area contributed by atoms with Gasteiger partial charge in [0.05, 0.1) is 30.3 Å². The minimum absolute atomic E-state index is 0.0567. The van der Waals surface area contributed by atoms with E-state index in [1.165, 1.54) is 36.2 Å². The van der Waals surface area contributed by atoms with Gasteiger partial charge in [0.1, 0.15) is 11.5 Å². The van der Waals surface area contributed by atoms with Gasteiger partial charge < -0.3 is 25.0 Å². The Morgan fingerprint density at radius 1 is 0.852 bits per heavy atom. The van der Waals surface area contributed by atoms with Crippen LogP contribution in [-0.4, -0.2) is 81.4 Å². The van der Waals surface area contributed by atoms with E-state index in [1.54, 1.807) is 30.3 Å². The van der Waals surface area contributed by atoms with Crippen LogP contribution in [0.25, 0.3) is 10.9 Å². The van der Waals surface area contributed by atoms with Crippen molar-refractivity contribution in [2.24, 2.45) is 0 Å². The van der Waals surface area contributed by atoms with Crippen molar-refractivity contribution in [3.8, 4) is 11.5 Å². The number of carbonyl (C=O) groups excluding carboxylic acids is 2. The molecule has 11 nitrogen and oxygen atoms in total. The number of ether oxygens (including phenoxy) is 2. The van der Waals surface area contributed by atoms with Gasteiger partial charge in [0.15, 0.2) is 0 Å². The van der Waals surface area contributed by atoms with Crippen LogP contribution in [0.1, 0.15) is 86.0 Å². The summed E-state index contributed by atoms with van der Waals surface area (Å²) in [5, 5.41) is 7.49. The zero-order valence-corrected chi connectivity index (χ0v) is 33.2. The van der Waals surface area contributed by atoms with E-state index in [4.69, 9.17) is 14.5 Å². The van der Waals surface area contributed by atoms with Crippen LogP contribution >= 0.6 is 0 Å². The van der Waals surface area contributed by atoms with Gasteiger partial charge in [-0.2, -0.15) is 4.31 Å². The lowest BCUT2D eigenvalue weighted by molar-refractivity contribution is -0.116. The summed E-state index contributed by atoms with van der Waals surface area (Å²) in [4.78, 5) is 33.8. The lowest BCUT2D eigenvalue weighted by atomic mass is 9.92. The Hall–Kier alpha value is -4.68. The molecular weight excluding hydrogens is 703 g/mol. The van der Waals surface area contributed by atoms with Crippen LogP contribution in [0.2, 0.25) is 0 Å². The number of hydrogen-bond acceptors (Lipinski definition) is 8. The molecule has 3 aromatic carbocycles. The molecule has 0 saturated heterocycles. The monoisotopic (exact) mass is 757 g/mol. The number of fused-ring (bicyclic) bond motifs is 2. The van der Waals surface area contributed by atoms with Crippen LogP contribution in [0.3, 0.4) is 0 Å². The first-order valence-electron chi connectivity index (χ1n) is 19.2. The highest BCUT2D eigenvalue weighted by Crippen LogP contribution is 2.34. The number of aromatic nitrogens is 1. The maximum atomic E-state index is 14.1. The van der Waals surface area contributed by atoms with Crippen LogP contribution in [0.5, 0.6) is 11.5 Å². The van der Waals surface area contributed by atoms with E-state index in [9.17, 15) is 18.0 Å². The number of methoxy groups -OCH3 is 2. The van der Waals surface area contributed by atoms with E-state index >= 15 is 0 Å². The molecule has 0 unspecified atom stereocenters. The summed E-state index contributed by atoms with van der Waals surface area (Å²) in [5.74, 6) is 0.446. The molecule has 12 heteroatoms. The average molecular weight is 758 g/mol. The number of sulfonamides is 1. The molecule has 54 heavy (non-hydrogen) atoms. The zero-order chi connectivity index (χ0) is 38.7. The van der Waals surface area contributed by atoms with Crippen LogP contribution in [-0.2, 0) is 27.7 Å². The van der Waals surface area contributed by atoms with Crippen molar-refractivity contribution in [3.05, 3.63) is 83.0 Å². The van der Waals surface area contributed by atoms with E-state index < -0.39 is 10.0 Å². The number of unbranched alkanes of at least 4 members (excludes halogenated alkanes) is 2. The molecule has 0 spiro atoms. The fourth-order valence-electron chi connectivity index (χ4n) is 6.86. The minimum atomic E-state index is -3.99. The Labute approximate surface area is 320 Å². The van der Waals surface area contributed by atoms with Crippen LogP contribution in [0.15, 0.2) is 65.6 Å². The summed E-state index contributed by atoms with van der Waals surface area (Å²) in [7, 11) is -0.968. The highest BCUT2D eigenvalue weighted by Gasteiger charge is 2.26. The first-order valence-corrected chi connectivity index (χ1v) is 20.6. The van der Waals surface area contributed by atoms with Gasteiger partial charge in [0.2, 0.25) is 15.9 Å². The summed E-state index contributed by atoms with van der Waals surface area (Å²) in [6, 6.07) is 17.5. The zero-order valence-electron chi connectivity index (χ0n) is 32.4. The summed E-state index contributed by atoms with van der Waals surface area (Å²) in [6.07, 6.45) is 7.72. The predicted octanol–water partition coefficient (Wildman–Crippen LogP) is 7.61. The number of pyridine rings is 1. The van der Waals surface area contributed by atoms with Gasteiger partial charge in [-0.15, -0.1) is 0 Å². The summed E-state index contributed by atoms with van der Waals surface area (Å²) in [6.45, 7) is 8.02. The molecule has 0 saturated carbocycles. The highest BCUT2D eigenvalue weighted by atomic mass is 32.2. The van der Waals surface area contributed by atoms with Gasteiger partial charge in [0.25, 0.3) is 5.91 Å². The SMILES string of the molecule is CCCCN(CCCC)C(=O)c1ccc(NC(=O)CCN(CCNc2c3c(nc4ccc(C)cc24)CCCC3)S(=O)(=O)c2ccc(OC)cc2)c(OC)c1. The minimum Gasteiger partial charge on any atom is -0.497 e. The molecule has 2 amide bonds. The van der Waals surface area contributed by atoms with Gasteiger partial charge in [0, 0.05) is 61.5 Å². The number of hydrogen-bond donors (Lipinski definition) is 2. The van der Waals surface area contributed by atoms with Gasteiger partial charge in [-0.3, -0.25) is 14.6 Å². The average Bonchev–Trinajstić information content (AvgIpc) is 3.18. The Balaban J connectivity index is 1.33. The molecule has 0 radical (unpaired) electrons. The van der Waals surface area contributed by atoms with Crippen molar-refractivity contribution >= 4 is 44.1 Å². The number of amides is 2. The molecule has 0 aliphatic heterocycles. The van der Waals surface area contributed by atoms with Crippen molar-refractivity contribution in [1.29, 1.82) is 0 Å². The topological polar surface area (TPSA) is 130 Å². The molecule has 1 aliphatic carbocycles. The Bertz CT molecular complexity index is 2010. The second-order valence-corrected chi connectivity index (χ2v) is 15.8. The van der Waals surface area contributed by atoms with Gasteiger partial charge in [-0.25, -0.2) is 8.42 Å². The molecular formula is C42H55N5O6S. The van der Waals surface area contributed by atoms with Crippen molar-refractivity contribution in [1.82, 2.24) is 14.2 Å². The standard InChI is InChI=1S/C42H55N5O6S/c1-6-8-24-46(25-9-7-2)42(49)31-15-21-38(39(29-31)53-5)45-40(48)22-26-47(54(50,51)33-18-16-32(52-4)17-19-33)27-23-43-41-34-12-10-11-13-36(34)44-37-20-14-30(3)28-35(37)41/h14-21,28-29H,6-13,22-27H2,1-5H3,(H,43,44)(H,45,48). The number of carbonyl (C=O) groups is 2. The summed E-state index contributed by atoms with van der Waals surface area (Å²) < 4.78 is 40.4. The molecule has 5 rings (SSSR count). The van der Waals surface area contributed by atoms with E-state index in [2.05, 4.69) is 43.5 Å². The number of benzene rings is 3. The van der Waals surface area contributed by atoms with E-state index in [0.29, 0.717) is 42.4 Å². The largest absolute Gasteiger partial charge is 0.497 e. The normalized spacial score (nSPS) is 12.7. The molecule has 290 valence electrons. The maximum Gasteiger partial charge on any atom is 0.253 e. The number of nitrogens with zero attached hydrogens (tertiary/aromatic N) is 3. The first kappa shape index (κ1) is 40.5. The fraction of sp³-hybridized carbons (Fsp3) is 0.452. The smallest absolute Gasteiger partial charge is 0.253 e. The molecule has 1 aliphatic rings. The molecule has 0 fully saturated rings. The molecule has 2 N–H and O–H groups in total. The third kappa shape index (κ3) is 9.89. The number of nitrogens with one attached hydrogen (secondary N) is 2. The highest BCUT2D eigenvalue weighted by molar-refractivity contribution is 7.89. The Morgan fingerprint density at radius 2 is 1.57 bits per heavy atom. The fourth-order valence-corrected chi connectivity index (χ4v) is 8.30. The lowest BCUT2D eigenvalue weighted by Gasteiger charge is -2.25. The Kier molecular flexibility index (Phi) is 14.3. The first-order chi connectivity index (χ1) is 26.1. The van der Waals surface area contributed by atoms with Crippen LogP contribution in [0.4, 0.5) is 11.4 Å². The quantitative estimate of drug-likeness (QED) is 0.100. The molecule has 1 heterocycles. The molecule has 4 aromatic rings. The number of aryl methyl sites for hydroxylation is 2. The molecule has 1 aromatic heterocycles. The van der Waals surface area contributed by atoms with Gasteiger partial charge in [-0.05, 0) is 106 Å². The van der Waals surface area contributed by atoms with Crippen LogP contribution < -0.4 is 20.1 Å². The maximum absolute atomic E-state index is 14.1. The number of rotatable bonds is 19. The predicted molar refractivity (Wildman–Crippen MR) is 215 cm³/mol. The Morgan fingerprint density at radius 3 is 2.26 bits per heavy atom. The van der Waals surface area contributed by atoms with E-state index in [0.717, 1.165) is 79.2 Å². The third-order valence-corrected chi connectivity index (χ3v) is 11.9. The van der Waals surface area contributed by atoms with Crippen LogP contribution in [0, 0.1) is 6.92 Å². The summed E-state index contributed by atoms with van der Waals surface area (Å²) in [5.41, 5.74) is 6.23. The van der Waals surface area contributed by atoms with Crippen molar-refractivity contribution in [3.63, 3.8) is 0 Å². The summed E-state index contributed by atoms with van der Waals surface area (Å²) >= 11 is 0. The molecule has 0 bridgehead atoms. The lowest BCUT2D eigenvalue weighted by Crippen LogP contribution is -2.37. The van der Waals surface area contributed by atoms with Crippen molar-refractivity contribution in [2.45, 2.75) is 83.5 Å².